The Bertz CT molecular complexity index is 150. The molecule has 4 heteroatoms. The summed E-state index contributed by atoms with van der Waals surface area (Å²) in [6.07, 6.45) is 1.12. The molecule has 1 heterocycles. The van der Waals surface area contributed by atoms with E-state index in [2.05, 4.69) is 16.8 Å². The average Bonchev–Trinajstić information content (AvgIpc) is 2.40. The van der Waals surface area contributed by atoms with E-state index in [-0.39, 0.29) is 0 Å². The van der Waals surface area contributed by atoms with Crippen molar-refractivity contribution in [1.29, 1.82) is 0 Å². The smallest absolute Gasteiger partial charge is 0.0594 e. The molecule has 0 aromatic rings. The van der Waals surface area contributed by atoms with Crippen LogP contribution in [0.5, 0.6) is 0 Å². The van der Waals surface area contributed by atoms with Crippen LogP contribution >= 0.6 is 0 Å². The van der Waals surface area contributed by atoms with Crippen LogP contribution in [-0.4, -0.2) is 76.5 Å². The van der Waals surface area contributed by atoms with Gasteiger partial charge in [-0.3, -0.25) is 4.90 Å². The van der Waals surface area contributed by atoms with Gasteiger partial charge in [-0.2, -0.15) is 0 Å². The van der Waals surface area contributed by atoms with Crippen molar-refractivity contribution in [3.63, 3.8) is 0 Å². The number of ether oxygens (including phenoxy) is 2. The SMILES string of the molecule is CC.COCCCN(C)CCN1CCOCC1. The Labute approximate surface area is 107 Å². The number of hydrogen-bond donors (Lipinski definition) is 0. The summed E-state index contributed by atoms with van der Waals surface area (Å²) in [5.74, 6) is 0. The summed E-state index contributed by atoms with van der Waals surface area (Å²) in [5, 5.41) is 0. The summed E-state index contributed by atoms with van der Waals surface area (Å²) in [6, 6.07) is 0. The van der Waals surface area contributed by atoms with Crippen molar-refractivity contribution in [2.75, 3.05) is 66.7 Å². The van der Waals surface area contributed by atoms with E-state index in [1.807, 2.05) is 13.8 Å². The summed E-state index contributed by atoms with van der Waals surface area (Å²) in [4.78, 5) is 4.84. The van der Waals surface area contributed by atoms with Crippen LogP contribution < -0.4 is 0 Å². The fraction of sp³-hybridized carbons (Fsp3) is 1.00. The summed E-state index contributed by atoms with van der Waals surface area (Å²) < 4.78 is 10.3. The van der Waals surface area contributed by atoms with E-state index in [0.717, 1.165) is 59.0 Å². The third-order valence-electron chi connectivity index (χ3n) is 2.79. The molecule has 0 aliphatic carbocycles. The van der Waals surface area contributed by atoms with Gasteiger partial charge in [0.15, 0.2) is 0 Å². The molecule has 0 atom stereocenters. The first-order valence-electron chi connectivity index (χ1n) is 6.80. The Hall–Kier alpha value is -0.160. The van der Waals surface area contributed by atoms with Crippen molar-refractivity contribution in [1.82, 2.24) is 9.80 Å². The third kappa shape index (κ3) is 9.53. The zero-order valence-corrected chi connectivity index (χ0v) is 12.1. The molecule has 0 unspecified atom stereocenters. The summed E-state index contributed by atoms with van der Waals surface area (Å²) in [6.45, 7) is 12.3. The van der Waals surface area contributed by atoms with Crippen molar-refractivity contribution >= 4 is 0 Å². The lowest BCUT2D eigenvalue weighted by atomic mass is 10.3. The molecule has 0 aromatic heterocycles. The molecule has 0 aromatic carbocycles. The lowest BCUT2D eigenvalue weighted by Gasteiger charge is -2.28. The van der Waals surface area contributed by atoms with E-state index >= 15 is 0 Å². The van der Waals surface area contributed by atoms with Gasteiger partial charge in [0.2, 0.25) is 0 Å². The predicted octanol–water partition coefficient (Wildman–Crippen LogP) is 1.31. The fourth-order valence-corrected chi connectivity index (χ4v) is 1.73. The molecule has 0 bridgehead atoms. The Morgan fingerprint density at radius 3 is 2.41 bits per heavy atom. The van der Waals surface area contributed by atoms with Crippen LogP contribution in [0.15, 0.2) is 0 Å². The Morgan fingerprint density at radius 1 is 1.18 bits per heavy atom. The molecule has 1 fully saturated rings. The molecule has 0 N–H and O–H groups in total. The van der Waals surface area contributed by atoms with Crippen LogP contribution in [0.25, 0.3) is 0 Å². The monoisotopic (exact) mass is 246 g/mol. The van der Waals surface area contributed by atoms with Gasteiger partial charge < -0.3 is 14.4 Å². The number of nitrogens with zero attached hydrogens (tertiary/aromatic N) is 2. The maximum absolute atomic E-state index is 5.31. The first kappa shape index (κ1) is 16.8. The molecule has 1 aliphatic heterocycles. The summed E-state index contributed by atoms with van der Waals surface area (Å²) >= 11 is 0. The average molecular weight is 246 g/mol. The van der Waals surface area contributed by atoms with Crippen molar-refractivity contribution in [3.05, 3.63) is 0 Å². The molecule has 17 heavy (non-hydrogen) atoms. The highest BCUT2D eigenvalue weighted by Crippen LogP contribution is 1.97. The second-order valence-corrected chi connectivity index (χ2v) is 4.10. The van der Waals surface area contributed by atoms with Crippen LogP contribution in [0.1, 0.15) is 20.3 Å². The summed E-state index contributed by atoms with van der Waals surface area (Å²) in [7, 11) is 3.93. The van der Waals surface area contributed by atoms with Crippen LogP contribution in [0.3, 0.4) is 0 Å². The van der Waals surface area contributed by atoms with Gasteiger partial charge in [0, 0.05) is 46.4 Å². The van der Waals surface area contributed by atoms with Gasteiger partial charge in [-0.1, -0.05) is 13.8 Å². The second kappa shape index (κ2) is 12.3. The van der Waals surface area contributed by atoms with Crippen molar-refractivity contribution in [2.45, 2.75) is 20.3 Å². The number of methoxy groups -OCH3 is 1. The van der Waals surface area contributed by atoms with E-state index < -0.39 is 0 Å². The lowest BCUT2D eigenvalue weighted by Crippen LogP contribution is -2.40. The van der Waals surface area contributed by atoms with E-state index in [9.17, 15) is 0 Å². The first-order valence-corrected chi connectivity index (χ1v) is 6.80. The van der Waals surface area contributed by atoms with E-state index in [1.54, 1.807) is 7.11 Å². The normalized spacial score (nSPS) is 16.8. The highest BCUT2D eigenvalue weighted by Gasteiger charge is 2.10. The van der Waals surface area contributed by atoms with E-state index in [4.69, 9.17) is 9.47 Å². The minimum absolute atomic E-state index is 0.863. The largest absolute Gasteiger partial charge is 0.385 e. The van der Waals surface area contributed by atoms with Crippen molar-refractivity contribution in [2.24, 2.45) is 0 Å². The molecule has 104 valence electrons. The van der Waals surface area contributed by atoms with E-state index in [0.29, 0.717) is 0 Å². The quantitative estimate of drug-likeness (QED) is 0.632. The van der Waals surface area contributed by atoms with Gasteiger partial charge in [-0.15, -0.1) is 0 Å². The number of hydrogen-bond acceptors (Lipinski definition) is 4. The first-order chi connectivity index (χ1) is 8.33. The van der Waals surface area contributed by atoms with Crippen molar-refractivity contribution < 1.29 is 9.47 Å². The molecular weight excluding hydrogens is 216 g/mol. The number of rotatable bonds is 7. The maximum atomic E-state index is 5.31. The fourth-order valence-electron chi connectivity index (χ4n) is 1.73. The van der Waals surface area contributed by atoms with Crippen LogP contribution in [0.2, 0.25) is 0 Å². The van der Waals surface area contributed by atoms with Gasteiger partial charge in [0.05, 0.1) is 13.2 Å². The van der Waals surface area contributed by atoms with Gasteiger partial charge in [-0.25, -0.2) is 0 Å². The van der Waals surface area contributed by atoms with E-state index in [1.165, 1.54) is 0 Å². The minimum atomic E-state index is 0.863. The van der Waals surface area contributed by atoms with Crippen LogP contribution in [0.4, 0.5) is 0 Å². The van der Waals surface area contributed by atoms with Gasteiger partial charge >= 0.3 is 0 Å². The molecule has 0 radical (unpaired) electrons. The van der Waals surface area contributed by atoms with Crippen molar-refractivity contribution in [3.8, 4) is 0 Å². The van der Waals surface area contributed by atoms with Crippen LogP contribution in [0, 0.1) is 0 Å². The molecule has 1 aliphatic rings. The highest BCUT2D eigenvalue weighted by atomic mass is 16.5. The Balaban J connectivity index is 0.00000121. The van der Waals surface area contributed by atoms with Gasteiger partial charge in [0.25, 0.3) is 0 Å². The third-order valence-corrected chi connectivity index (χ3v) is 2.79. The zero-order chi connectivity index (χ0) is 12.9. The van der Waals surface area contributed by atoms with Gasteiger partial charge in [0.1, 0.15) is 0 Å². The van der Waals surface area contributed by atoms with Crippen LogP contribution in [-0.2, 0) is 9.47 Å². The summed E-state index contributed by atoms with van der Waals surface area (Å²) in [5.41, 5.74) is 0. The zero-order valence-electron chi connectivity index (χ0n) is 12.1. The molecule has 1 rings (SSSR count). The predicted molar refractivity (Wildman–Crippen MR) is 72.6 cm³/mol. The Morgan fingerprint density at radius 2 is 1.82 bits per heavy atom. The lowest BCUT2D eigenvalue weighted by molar-refractivity contribution is 0.0342. The Kier molecular flexibility index (Phi) is 12.2. The molecule has 0 spiro atoms. The second-order valence-electron chi connectivity index (χ2n) is 4.10. The molecular formula is C13H30N2O2. The van der Waals surface area contributed by atoms with Gasteiger partial charge in [-0.05, 0) is 13.5 Å². The molecule has 1 saturated heterocycles. The molecule has 0 amide bonds. The number of morpholine rings is 1. The molecule has 4 nitrogen and oxygen atoms in total. The maximum Gasteiger partial charge on any atom is 0.0594 e. The standard InChI is InChI=1S/C11H24N2O2.C2H6/c1-12(4-3-9-14-2)5-6-13-7-10-15-11-8-13;1-2/h3-11H2,1-2H3;1-2H3. The number of likely N-dealkylation sites (N-methyl/N-ethyl adjacent to an activating group) is 1. The topological polar surface area (TPSA) is 24.9 Å². The highest BCUT2D eigenvalue weighted by molar-refractivity contribution is 4.63. The molecule has 0 saturated carbocycles. The minimum Gasteiger partial charge on any atom is -0.385 e.